The molecule has 0 aliphatic carbocycles. The van der Waals surface area contributed by atoms with E-state index < -0.39 is 12.7 Å². The number of fused-ring (bicyclic) bond motifs is 1. The van der Waals surface area contributed by atoms with Crippen LogP contribution in [-0.4, -0.2) is 44.6 Å². The third kappa shape index (κ3) is 4.33. The second-order valence-corrected chi connectivity index (χ2v) is 8.23. The molecule has 33 heavy (non-hydrogen) atoms. The second-order valence-electron chi connectivity index (χ2n) is 8.23. The van der Waals surface area contributed by atoms with Gasteiger partial charge < -0.3 is 9.47 Å². The van der Waals surface area contributed by atoms with Gasteiger partial charge in [-0.3, -0.25) is 9.78 Å². The van der Waals surface area contributed by atoms with Gasteiger partial charge in [0.25, 0.3) is 5.91 Å². The molecule has 1 aliphatic heterocycles. The molecule has 2 aromatic carbocycles. The van der Waals surface area contributed by atoms with Gasteiger partial charge in [0.05, 0.1) is 11.0 Å². The van der Waals surface area contributed by atoms with Crippen LogP contribution in [0.25, 0.3) is 22.4 Å². The summed E-state index contributed by atoms with van der Waals surface area (Å²) in [5.41, 5.74) is 2.82. The largest absolute Gasteiger partial charge is 0.406 e. The van der Waals surface area contributed by atoms with Crippen molar-refractivity contribution >= 4 is 16.9 Å². The number of imidazole rings is 1. The summed E-state index contributed by atoms with van der Waals surface area (Å²) in [5.74, 6) is 0.308. The van der Waals surface area contributed by atoms with Gasteiger partial charge in [-0.2, -0.15) is 13.2 Å². The van der Waals surface area contributed by atoms with Gasteiger partial charge in [-0.05, 0) is 36.2 Å². The Hall–Kier alpha value is -3.68. The van der Waals surface area contributed by atoms with Crippen molar-refractivity contribution in [2.45, 2.75) is 25.1 Å². The third-order valence-electron chi connectivity index (χ3n) is 6.00. The number of carbonyl (C=O) groups excluding carboxylic acids is 1. The molecule has 2 aromatic heterocycles. The number of halogens is 3. The minimum Gasteiger partial charge on any atom is -0.338 e. The SMILES string of the molecule is O=C(c1ccc2c(c1)nc(-c1ccccc1)n2CC(F)(F)F)N1CCC(c2cccnc2)C1. The molecule has 0 saturated carbocycles. The van der Waals surface area contributed by atoms with E-state index in [0.29, 0.717) is 35.2 Å². The van der Waals surface area contributed by atoms with Gasteiger partial charge in [0, 0.05) is 42.5 Å². The average Bonchev–Trinajstić information content (AvgIpc) is 3.44. The Morgan fingerprint density at radius 3 is 2.61 bits per heavy atom. The molecule has 1 amide bonds. The molecule has 3 heterocycles. The Bertz CT molecular complexity index is 1290. The minimum atomic E-state index is -4.40. The van der Waals surface area contributed by atoms with Crippen molar-refractivity contribution in [3.8, 4) is 11.4 Å². The van der Waals surface area contributed by atoms with Gasteiger partial charge in [-0.1, -0.05) is 36.4 Å². The Morgan fingerprint density at radius 2 is 1.88 bits per heavy atom. The van der Waals surface area contributed by atoms with E-state index in [-0.39, 0.29) is 17.6 Å². The van der Waals surface area contributed by atoms with E-state index in [1.54, 1.807) is 59.6 Å². The van der Waals surface area contributed by atoms with Crippen molar-refractivity contribution < 1.29 is 18.0 Å². The Labute approximate surface area is 188 Å². The standard InChI is InChI=1S/C25H21F3N4O/c26-25(27,28)16-32-22-9-8-18(13-21(22)30-23(32)17-5-2-1-3-6-17)24(33)31-12-10-20(15-31)19-7-4-11-29-14-19/h1-9,11,13-14,20H,10,12,15-16H2. The topological polar surface area (TPSA) is 51.0 Å². The highest BCUT2D eigenvalue weighted by Crippen LogP contribution is 2.31. The van der Waals surface area contributed by atoms with E-state index in [2.05, 4.69) is 9.97 Å². The van der Waals surface area contributed by atoms with Crippen LogP contribution in [0, 0.1) is 0 Å². The molecule has 5 nitrogen and oxygen atoms in total. The molecule has 1 fully saturated rings. The second kappa shape index (κ2) is 8.35. The number of hydrogen-bond acceptors (Lipinski definition) is 3. The molecule has 0 spiro atoms. The fourth-order valence-electron chi connectivity index (χ4n) is 4.43. The molecule has 1 unspecified atom stereocenters. The molecule has 5 rings (SSSR count). The molecule has 8 heteroatoms. The molecule has 1 atom stereocenters. The maximum Gasteiger partial charge on any atom is 0.406 e. The lowest BCUT2D eigenvalue weighted by atomic mass is 10.0. The Morgan fingerprint density at radius 1 is 1.06 bits per heavy atom. The zero-order valence-electron chi connectivity index (χ0n) is 17.7. The molecule has 0 N–H and O–H groups in total. The number of benzene rings is 2. The van der Waals surface area contributed by atoms with Gasteiger partial charge in [0.1, 0.15) is 12.4 Å². The lowest BCUT2D eigenvalue weighted by molar-refractivity contribution is -0.139. The zero-order chi connectivity index (χ0) is 23.0. The van der Waals surface area contributed by atoms with Crippen LogP contribution in [-0.2, 0) is 6.54 Å². The van der Waals surface area contributed by atoms with Gasteiger partial charge in [0.2, 0.25) is 0 Å². The van der Waals surface area contributed by atoms with E-state index in [1.807, 2.05) is 18.3 Å². The number of hydrogen-bond donors (Lipinski definition) is 0. The van der Waals surface area contributed by atoms with E-state index in [4.69, 9.17) is 0 Å². The van der Waals surface area contributed by atoms with Crippen LogP contribution in [0.4, 0.5) is 13.2 Å². The molecular formula is C25H21F3N4O. The number of pyridine rings is 1. The highest BCUT2D eigenvalue weighted by Gasteiger charge is 2.31. The van der Waals surface area contributed by atoms with Gasteiger partial charge in [0.15, 0.2) is 0 Å². The maximum atomic E-state index is 13.3. The fourth-order valence-corrected chi connectivity index (χ4v) is 4.43. The normalized spacial score (nSPS) is 16.5. The fraction of sp³-hybridized carbons (Fsp3) is 0.240. The van der Waals surface area contributed by atoms with Gasteiger partial charge >= 0.3 is 6.18 Å². The van der Waals surface area contributed by atoms with Crippen LogP contribution in [0.5, 0.6) is 0 Å². The van der Waals surface area contributed by atoms with Gasteiger partial charge in [-0.15, -0.1) is 0 Å². The number of aromatic nitrogens is 3. The van der Waals surface area contributed by atoms with Crippen molar-refractivity contribution in [1.82, 2.24) is 19.4 Å². The number of nitrogens with zero attached hydrogens (tertiary/aromatic N) is 4. The first-order chi connectivity index (χ1) is 15.9. The number of alkyl halides is 3. The summed E-state index contributed by atoms with van der Waals surface area (Å²) in [6.45, 7) is 0.0501. The molecule has 0 radical (unpaired) electrons. The van der Waals surface area contributed by atoms with Crippen LogP contribution < -0.4 is 0 Å². The first kappa shape index (κ1) is 21.2. The van der Waals surface area contributed by atoms with Crippen LogP contribution >= 0.6 is 0 Å². The third-order valence-corrected chi connectivity index (χ3v) is 6.00. The van der Waals surface area contributed by atoms with Crippen molar-refractivity contribution in [2.24, 2.45) is 0 Å². The molecule has 1 saturated heterocycles. The van der Waals surface area contributed by atoms with Crippen molar-refractivity contribution in [1.29, 1.82) is 0 Å². The average molecular weight is 450 g/mol. The smallest absolute Gasteiger partial charge is 0.338 e. The van der Waals surface area contributed by atoms with Crippen LogP contribution in [0.1, 0.15) is 28.3 Å². The highest BCUT2D eigenvalue weighted by molar-refractivity contribution is 5.98. The predicted molar refractivity (Wildman–Crippen MR) is 119 cm³/mol. The summed E-state index contributed by atoms with van der Waals surface area (Å²) in [4.78, 5) is 23.6. The summed E-state index contributed by atoms with van der Waals surface area (Å²) in [5, 5.41) is 0. The quantitative estimate of drug-likeness (QED) is 0.425. The van der Waals surface area contributed by atoms with E-state index in [1.165, 1.54) is 0 Å². The molecular weight excluding hydrogens is 429 g/mol. The summed E-state index contributed by atoms with van der Waals surface area (Å²) >= 11 is 0. The number of carbonyl (C=O) groups is 1. The van der Waals surface area contributed by atoms with E-state index in [0.717, 1.165) is 16.6 Å². The van der Waals surface area contributed by atoms with E-state index >= 15 is 0 Å². The van der Waals surface area contributed by atoms with Gasteiger partial charge in [-0.25, -0.2) is 4.98 Å². The summed E-state index contributed by atoms with van der Waals surface area (Å²) in [6.07, 6.45) is -0.0120. The van der Waals surface area contributed by atoms with E-state index in [9.17, 15) is 18.0 Å². The lowest BCUT2D eigenvalue weighted by Gasteiger charge is -2.17. The molecule has 168 valence electrons. The zero-order valence-corrected chi connectivity index (χ0v) is 17.7. The number of amides is 1. The van der Waals surface area contributed by atoms with Crippen molar-refractivity contribution in [3.63, 3.8) is 0 Å². The maximum absolute atomic E-state index is 13.3. The molecule has 1 aliphatic rings. The summed E-state index contributed by atoms with van der Waals surface area (Å²) < 4.78 is 41.1. The Kier molecular flexibility index (Phi) is 5.36. The highest BCUT2D eigenvalue weighted by atomic mass is 19.4. The van der Waals surface area contributed by atoms with Crippen molar-refractivity contribution in [3.05, 3.63) is 84.2 Å². The monoisotopic (exact) mass is 450 g/mol. The number of rotatable bonds is 4. The minimum absolute atomic E-state index is 0.144. The summed E-state index contributed by atoms with van der Waals surface area (Å²) in [7, 11) is 0. The Balaban J connectivity index is 1.46. The van der Waals surface area contributed by atoms with Crippen LogP contribution in [0.2, 0.25) is 0 Å². The number of likely N-dealkylation sites (tertiary alicyclic amines) is 1. The molecule has 0 bridgehead atoms. The van der Waals surface area contributed by atoms with Crippen LogP contribution in [0.15, 0.2) is 73.1 Å². The van der Waals surface area contributed by atoms with Crippen molar-refractivity contribution in [2.75, 3.05) is 13.1 Å². The van der Waals surface area contributed by atoms with Crippen LogP contribution in [0.3, 0.4) is 0 Å². The summed E-state index contributed by atoms with van der Waals surface area (Å²) in [6, 6.07) is 17.4. The predicted octanol–water partition coefficient (Wildman–Crippen LogP) is 5.29. The first-order valence-electron chi connectivity index (χ1n) is 10.7. The first-order valence-corrected chi connectivity index (χ1v) is 10.7. The lowest BCUT2D eigenvalue weighted by Crippen LogP contribution is -2.28. The molecule has 4 aromatic rings.